The highest BCUT2D eigenvalue weighted by Crippen LogP contribution is 2.32. The molecule has 1 heterocycles. The van der Waals surface area contributed by atoms with Crippen LogP contribution in [0.4, 0.5) is 5.69 Å². The van der Waals surface area contributed by atoms with Crippen molar-refractivity contribution in [3.8, 4) is 0 Å². The van der Waals surface area contributed by atoms with Crippen molar-refractivity contribution in [2.24, 2.45) is 0 Å². The van der Waals surface area contributed by atoms with Gasteiger partial charge < -0.3 is 5.32 Å². The van der Waals surface area contributed by atoms with Gasteiger partial charge in [0.25, 0.3) is 5.91 Å². The number of nitrogens with zero attached hydrogens (tertiary/aromatic N) is 1. The number of benzene rings is 4. The number of aromatic nitrogens is 2. The van der Waals surface area contributed by atoms with Crippen LogP contribution in [0, 0.1) is 0 Å². The van der Waals surface area contributed by atoms with Crippen molar-refractivity contribution in [2.75, 3.05) is 5.32 Å². The monoisotopic (exact) mass is 447 g/mol. The predicted molar refractivity (Wildman–Crippen MR) is 136 cm³/mol. The summed E-state index contributed by atoms with van der Waals surface area (Å²) in [5.74, 6) is -0.118. The minimum atomic E-state index is -0.118. The molecule has 0 unspecified atom stereocenters. The van der Waals surface area contributed by atoms with Crippen molar-refractivity contribution in [3.05, 3.63) is 120 Å². The Hall–Kier alpha value is -4.09. The van der Waals surface area contributed by atoms with Gasteiger partial charge in [0, 0.05) is 26.4 Å². The minimum absolute atomic E-state index is 0.118. The first-order chi connectivity index (χ1) is 16.2. The van der Waals surface area contributed by atoms with Gasteiger partial charge in [0.2, 0.25) is 0 Å². The Morgan fingerprint density at radius 1 is 0.788 bits per heavy atom. The second-order valence-corrected chi connectivity index (χ2v) is 8.66. The number of fused-ring (bicyclic) bond motifs is 1. The van der Waals surface area contributed by atoms with Crippen LogP contribution in [0.25, 0.3) is 23.1 Å². The Kier molecular flexibility index (Phi) is 6.04. The van der Waals surface area contributed by atoms with Gasteiger partial charge in [-0.2, -0.15) is 5.10 Å². The van der Waals surface area contributed by atoms with Gasteiger partial charge in [-0.25, -0.2) is 0 Å². The van der Waals surface area contributed by atoms with Crippen LogP contribution in [-0.2, 0) is 0 Å². The fourth-order valence-corrected chi connectivity index (χ4v) is 4.43. The molecule has 0 aliphatic heterocycles. The lowest BCUT2D eigenvalue weighted by Gasteiger charge is -2.08. The number of hydrogen-bond donors (Lipinski definition) is 2. The highest BCUT2D eigenvalue weighted by molar-refractivity contribution is 7.99. The second-order valence-electron chi connectivity index (χ2n) is 7.51. The molecule has 160 valence electrons. The first kappa shape index (κ1) is 20.8. The zero-order valence-electron chi connectivity index (χ0n) is 17.7. The van der Waals surface area contributed by atoms with E-state index in [1.807, 2.05) is 66.7 Å². The van der Waals surface area contributed by atoms with E-state index < -0.39 is 0 Å². The smallest absolute Gasteiger partial charge is 0.255 e. The van der Waals surface area contributed by atoms with E-state index in [9.17, 15) is 4.79 Å². The van der Waals surface area contributed by atoms with Gasteiger partial charge in [-0.15, -0.1) is 0 Å². The first-order valence-electron chi connectivity index (χ1n) is 10.6. The summed E-state index contributed by atoms with van der Waals surface area (Å²) in [6.07, 6.45) is 4.09. The second kappa shape index (κ2) is 9.59. The number of hydrogen-bond acceptors (Lipinski definition) is 3. The quantitative estimate of drug-likeness (QED) is 0.291. The Bertz CT molecular complexity index is 1430. The molecule has 5 aromatic rings. The SMILES string of the molecule is O=C(Nc1cccc(Sc2ccc3c(/C=C/c4ccccc4)n[nH]c3c2)c1)c1ccccc1. The number of anilines is 1. The number of carbonyl (C=O) groups is 1. The average molecular weight is 448 g/mol. The molecule has 0 radical (unpaired) electrons. The zero-order chi connectivity index (χ0) is 22.5. The number of H-pyrrole nitrogens is 1. The summed E-state index contributed by atoms with van der Waals surface area (Å²) in [6, 6.07) is 33.5. The van der Waals surface area contributed by atoms with Gasteiger partial charge in [-0.3, -0.25) is 9.89 Å². The summed E-state index contributed by atoms with van der Waals surface area (Å²) >= 11 is 1.64. The maximum atomic E-state index is 12.4. The summed E-state index contributed by atoms with van der Waals surface area (Å²) in [6.45, 7) is 0. The van der Waals surface area contributed by atoms with Crippen LogP contribution in [0.3, 0.4) is 0 Å². The molecule has 0 fully saturated rings. The third-order valence-electron chi connectivity index (χ3n) is 5.16. The molecule has 4 nitrogen and oxygen atoms in total. The standard InChI is InChI=1S/C28H21N3OS/c32-28(21-10-5-2-6-11-21)29-22-12-7-13-23(18-22)33-24-15-16-25-26(30-31-27(25)19-24)17-14-20-8-3-1-4-9-20/h1-19H,(H,29,32)(H,30,31)/b17-14+. The van der Waals surface area contributed by atoms with Crippen LogP contribution in [0.15, 0.2) is 113 Å². The van der Waals surface area contributed by atoms with Gasteiger partial charge in [0.15, 0.2) is 0 Å². The molecule has 0 spiro atoms. The van der Waals surface area contributed by atoms with Crippen LogP contribution in [0.5, 0.6) is 0 Å². The molecule has 1 aromatic heterocycles. The molecular formula is C28H21N3OS. The Balaban J connectivity index is 1.31. The molecule has 0 aliphatic rings. The summed E-state index contributed by atoms with van der Waals surface area (Å²) in [5, 5.41) is 11.6. The summed E-state index contributed by atoms with van der Waals surface area (Å²) in [5.41, 5.74) is 4.44. The fourth-order valence-electron chi connectivity index (χ4n) is 3.52. The van der Waals surface area contributed by atoms with E-state index in [1.165, 1.54) is 0 Å². The maximum Gasteiger partial charge on any atom is 0.255 e. The Morgan fingerprint density at radius 3 is 2.36 bits per heavy atom. The van der Waals surface area contributed by atoms with E-state index in [2.05, 4.69) is 51.9 Å². The average Bonchev–Trinajstić information content (AvgIpc) is 3.26. The highest BCUT2D eigenvalue weighted by Gasteiger charge is 2.08. The number of carbonyl (C=O) groups excluding carboxylic acids is 1. The van der Waals surface area contributed by atoms with E-state index in [-0.39, 0.29) is 5.91 Å². The van der Waals surface area contributed by atoms with Crippen molar-refractivity contribution in [3.63, 3.8) is 0 Å². The van der Waals surface area contributed by atoms with E-state index in [1.54, 1.807) is 23.9 Å². The number of aromatic amines is 1. The van der Waals surface area contributed by atoms with Gasteiger partial charge in [-0.05, 0) is 60.2 Å². The molecular weight excluding hydrogens is 426 g/mol. The molecule has 2 N–H and O–H groups in total. The van der Waals surface area contributed by atoms with Crippen molar-refractivity contribution in [2.45, 2.75) is 9.79 Å². The minimum Gasteiger partial charge on any atom is -0.322 e. The van der Waals surface area contributed by atoms with Crippen LogP contribution >= 0.6 is 11.8 Å². The normalized spacial score (nSPS) is 11.2. The lowest BCUT2D eigenvalue weighted by Crippen LogP contribution is -2.11. The van der Waals surface area contributed by atoms with E-state index >= 15 is 0 Å². The first-order valence-corrected chi connectivity index (χ1v) is 11.4. The van der Waals surface area contributed by atoms with Crippen molar-refractivity contribution in [1.82, 2.24) is 10.2 Å². The Labute approximate surface area is 196 Å². The number of rotatable bonds is 6. The highest BCUT2D eigenvalue weighted by atomic mass is 32.2. The Morgan fingerprint density at radius 2 is 1.55 bits per heavy atom. The number of nitrogens with one attached hydrogen (secondary N) is 2. The summed E-state index contributed by atoms with van der Waals surface area (Å²) in [7, 11) is 0. The molecule has 1 amide bonds. The third-order valence-corrected chi connectivity index (χ3v) is 6.14. The van der Waals surface area contributed by atoms with Crippen LogP contribution in [-0.4, -0.2) is 16.1 Å². The lowest BCUT2D eigenvalue weighted by atomic mass is 10.1. The van der Waals surface area contributed by atoms with Crippen LogP contribution in [0.1, 0.15) is 21.6 Å². The molecule has 0 saturated heterocycles. The van der Waals surface area contributed by atoms with E-state index in [0.717, 1.165) is 37.6 Å². The van der Waals surface area contributed by atoms with Crippen LogP contribution < -0.4 is 5.32 Å². The van der Waals surface area contributed by atoms with Gasteiger partial charge in [-0.1, -0.05) is 72.4 Å². The van der Waals surface area contributed by atoms with E-state index in [4.69, 9.17) is 0 Å². The third kappa shape index (κ3) is 5.05. The molecule has 0 bridgehead atoms. The lowest BCUT2D eigenvalue weighted by molar-refractivity contribution is 0.102. The summed E-state index contributed by atoms with van der Waals surface area (Å²) in [4.78, 5) is 14.6. The van der Waals surface area contributed by atoms with Crippen molar-refractivity contribution in [1.29, 1.82) is 0 Å². The molecule has 5 heteroatoms. The molecule has 0 saturated carbocycles. The zero-order valence-corrected chi connectivity index (χ0v) is 18.5. The maximum absolute atomic E-state index is 12.4. The molecule has 0 atom stereocenters. The fraction of sp³-hybridized carbons (Fsp3) is 0. The molecule has 0 aliphatic carbocycles. The largest absolute Gasteiger partial charge is 0.322 e. The van der Waals surface area contributed by atoms with Gasteiger partial charge in [0.05, 0.1) is 11.2 Å². The number of amides is 1. The molecule has 5 rings (SSSR count). The van der Waals surface area contributed by atoms with E-state index in [0.29, 0.717) is 5.56 Å². The van der Waals surface area contributed by atoms with Crippen LogP contribution in [0.2, 0.25) is 0 Å². The topological polar surface area (TPSA) is 57.8 Å². The molecule has 4 aromatic carbocycles. The summed E-state index contributed by atoms with van der Waals surface area (Å²) < 4.78 is 0. The van der Waals surface area contributed by atoms with Crippen molar-refractivity contribution < 1.29 is 4.79 Å². The predicted octanol–water partition coefficient (Wildman–Crippen LogP) is 7.14. The van der Waals surface area contributed by atoms with Gasteiger partial charge >= 0.3 is 0 Å². The van der Waals surface area contributed by atoms with Crippen molar-refractivity contribution >= 4 is 46.4 Å². The van der Waals surface area contributed by atoms with Gasteiger partial charge in [0.1, 0.15) is 0 Å². The molecule has 33 heavy (non-hydrogen) atoms.